The SMILES string of the molecule is Cc1cc2[nH]c(=O)c3c(c2cc1C=O)N(C1CCCOCC1)N=CC3. The van der Waals surface area contributed by atoms with Crippen LogP contribution >= 0.6 is 0 Å². The van der Waals surface area contributed by atoms with Crippen molar-refractivity contribution in [1.82, 2.24) is 4.98 Å². The van der Waals surface area contributed by atoms with E-state index in [1.807, 2.05) is 24.1 Å². The van der Waals surface area contributed by atoms with Crippen LogP contribution in [0, 0.1) is 6.92 Å². The fourth-order valence-electron chi connectivity index (χ4n) is 3.76. The zero-order chi connectivity index (χ0) is 17.4. The number of rotatable bonds is 2. The molecule has 0 spiro atoms. The molecule has 130 valence electrons. The highest BCUT2D eigenvalue weighted by atomic mass is 16.5. The van der Waals surface area contributed by atoms with Gasteiger partial charge in [0.2, 0.25) is 0 Å². The quantitative estimate of drug-likeness (QED) is 0.853. The average molecular weight is 339 g/mol. The van der Waals surface area contributed by atoms with Gasteiger partial charge in [-0.3, -0.25) is 14.6 Å². The maximum Gasteiger partial charge on any atom is 0.254 e. The molecule has 0 amide bonds. The first-order chi connectivity index (χ1) is 12.2. The summed E-state index contributed by atoms with van der Waals surface area (Å²) < 4.78 is 5.57. The highest BCUT2D eigenvalue weighted by Crippen LogP contribution is 2.35. The lowest BCUT2D eigenvalue weighted by Gasteiger charge is -2.32. The van der Waals surface area contributed by atoms with E-state index in [0.717, 1.165) is 54.3 Å². The minimum atomic E-state index is -0.0817. The van der Waals surface area contributed by atoms with Crippen LogP contribution in [-0.2, 0) is 11.2 Å². The molecule has 25 heavy (non-hydrogen) atoms. The molecule has 0 saturated carbocycles. The minimum absolute atomic E-state index is 0.0817. The normalized spacial score (nSPS) is 20.4. The largest absolute Gasteiger partial charge is 0.381 e. The molecular weight excluding hydrogens is 318 g/mol. The molecule has 2 aliphatic rings. The predicted molar refractivity (Wildman–Crippen MR) is 97.8 cm³/mol. The summed E-state index contributed by atoms with van der Waals surface area (Å²) in [4.78, 5) is 27.0. The van der Waals surface area contributed by atoms with Crippen molar-refractivity contribution in [2.24, 2.45) is 5.10 Å². The number of fused-ring (bicyclic) bond motifs is 3. The second-order valence-corrected chi connectivity index (χ2v) is 6.70. The standard InChI is InChI=1S/C19H21N3O3/c1-12-9-17-16(10-13(12)11-23)18-15(19(24)21-17)4-6-20-22(18)14-3-2-7-25-8-5-14/h6,9-11,14H,2-5,7-8H2,1H3,(H,21,24). The Morgan fingerprint density at radius 3 is 3.04 bits per heavy atom. The number of nitrogens with zero attached hydrogens (tertiary/aromatic N) is 2. The first-order valence-electron chi connectivity index (χ1n) is 8.73. The van der Waals surface area contributed by atoms with E-state index in [-0.39, 0.29) is 11.6 Å². The van der Waals surface area contributed by atoms with Crippen molar-refractivity contribution < 1.29 is 9.53 Å². The number of aromatic nitrogens is 1. The van der Waals surface area contributed by atoms with Crippen molar-refractivity contribution in [3.63, 3.8) is 0 Å². The van der Waals surface area contributed by atoms with Gasteiger partial charge >= 0.3 is 0 Å². The number of carbonyl (C=O) groups is 1. The molecule has 6 nitrogen and oxygen atoms in total. The number of nitrogens with one attached hydrogen (secondary N) is 1. The Balaban J connectivity index is 1.94. The third-order valence-corrected chi connectivity index (χ3v) is 5.09. The number of benzene rings is 1. The molecule has 0 aliphatic carbocycles. The summed E-state index contributed by atoms with van der Waals surface area (Å²) >= 11 is 0. The van der Waals surface area contributed by atoms with E-state index >= 15 is 0 Å². The monoisotopic (exact) mass is 339 g/mol. The third kappa shape index (κ3) is 2.76. The number of ether oxygens (including phenoxy) is 1. The molecule has 1 saturated heterocycles. The van der Waals surface area contributed by atoms with Gasteiger partial charge in [0.05, 0.1) is 17.2 Å². The maximum absolute atomic E-state index is 12.6. The van der Waals surface area contributed by atoms with E-state index in [1.54, 1.807) is 6.21 Å². The van der Waals surface area contributed by atoms with Crippen LogP contribution < -0.4 is 10.6 Å². The van der Waals surface area contributed by atoms with E-state index in [1.165, 1.54) is 0 Å². The van der Waals surface area contributed by atoms with Crippen molar-refractivity contribution in [3.8, 4) is 0 Å². The van der Waals surface area contributed by atoms with Gasteiger partial charge in [-0.1, -0.05) is 0 Å². The summed E-state index contributed by atoms with van der Waals surface area (Å²) in [7, 11) is 0. The lowest BCUT2D eigenvalue weighted by atomic mass is 9.99. The highest BCUT2D eigenvalue weighted by molar-refractivity contribution is 5.99. The molecule has 0 radical (unpaired) electrons. The lowest BCUT2D eigenvalue weighted by molar-refractivity contribution is 0.112. The summed E-state index contributed by atoms with van der Waals surface area (Å²) in [6.07, 6.45) is 5.98. The number of aryl methyl sites for hydroxylation is 1. The Hall–Kier alpha value is -2.47. The van der Waals surface area contributed by atoms with Crippen LogP contribution in [0.15, 0.2) is 22.0 Å². The number of hydrazone groups is 1. The van der Waals surface area contributed by atoms with Crippen molar-refractivity contribution in [3.05, 3.63) is 39.2 Å². The van der Waals surface area contributed by atoms with Crippen LogP contribution in [-0.4, -0.2) is 36.7 Å². The summed E-state index contributed by atoms with van der Waals surface area (Å²) in [5, 5.41) is 7.48. The van der Waals surface area contributed by atoms with Gasteiger partial charge in [-0.15, -0.1) is 0 Å². The van der Waals surface area contributed by atoms with Gasteiger partial charge < -0.3 is 9.72 Å². The smallest absolute Gasteiger partial charge is 0.254 e. The molecule has 0 bridgehead atoms. The van der Waals surface area contributed by atoms with Gasteiger partial charge in [0, 0.05) is 42.4 Å². The number of hydrogen-bond acceptors (Lipinski definition) is 5. The van der Waals surface area contributed by atoms with Gasteiger partial charge in [0.15, 0.2) is 0 Å². The van der Waals surface area contributed by atoms with Gasteiger partial charge in [0.25, 0.3) is 5.56 Å². The predicted octanol–water partition coefficient (Wildman–Crippen LogP) is 2.57. The van der Waals surface area contributed by atoms with Gasteiger partial charge in [-0.05, 0) is 43.9 Å². The Bertz CT molecular complexity index is 908. The van der Waals surface area contributed by atoms with Crippen LogP contribution in [0.5, 0.6) is 0 Å². The Morgan fingerprint density at radius 1 is 1.32 bits per heavy atom. The average Bonchev–Trinajstić information content (AvgIpc) is 2.90. The molecule has 1 aromatic heterocycles. The molecular formula is C19H21N3O3. The number of anilines is 1. The van der Waals surface area contributed by atoms with Crippen LogP contribution in [0.1, 0.15) is 40.7 Å². The second kappa shape index (κ2) is 6.44. The zero-order valence-corrected chi connectivity index (χ0v) is 14.2. The van der Waals surface area contributed by atoms with E-state index in [0.29, 0.717) is 24.2 Å². The van der Waals surface area contributed by atoms with Gasteiger partial charge in [0.1, 0.15) is 6.29 Å². The van der Waals surface area contributed by atoms with E-state index in [2.05, 4.69) is 10.1 Å². The summed E-state index contributed by atoms with van der Waals surface area (Å²) in [5.74, 6) is 0. The van der Waals surface area contributed by atoms with Crippen molar-refractivity contribution in [2.75, 3.05) is 18.2 Å². The molecule has 1 atom stereocenters. The Morgan fingerprint density at radius 2 is 2.20 bits per heavy atom. The molecule has 1 fully saturated rings. The Labute approximate surface area is 145 Å². The van der Waals surface area contributed by atoms with Crippen LogP contribution in [0.4, 0.5) is 5.69 Å². The number of carbonyl (C=O) groups excluding carboxylic acids is 1. The summed E-state index contributed by atoms with van der Waals surface area (Å²) in [6.45, 7) is 3.34. The van der Waals surface area contributed by atoms with Gasteiger partial charge in [-0.25, -0.2) is 0 Å². The molecule has 4 rings (SSSR count). The van der Waals surface area contributed by atoms with Crippen LogP contribution in [0.2, 0.25) is 0 Å². The molecule has 2 aliphatic heterocycles. The number of H-pyrrole nitrogens is 1. The van der Waals surface area contributed by atoms with E-state index in [9.17, 15) is 9.59 Å². The van der Waals surface area contributed by atoms with Gasteiger partial charge in [-0.2, -0.15) is 5.10 Å². The fourth-order valence-corrected chi connectivity index (χ4v) is 3.76. The number of hydrogen-bond donors (Lipinski definition) is 1. The molecule has 2 aromatic rings. The number of pyridine rings is 1. The molecule has 1 unspecified atom stereocenters. The minimum Gasteiger partial charge on any atom is -0.381 e. The molecule has 3 heterocycles. The van der Waals surface area contributed by atoms with Crippen molar-refractivity contribution >= 4 is 29.1 Å². The fraction of sp³-hybridized carbons (Fsp3) is 0.421. The highest BCUT2D eigenvalue weighted by Gasteiger charge is 2.28. The molecule has 6 heteroatoms. The second-order valence-electron chi connectivity index (χ2n) is 6.70. The van der Waals surface area contributed by atoms with E-state index < -0.39 is 0 Å². The summed E-state index contributed by atoms with van der Waals surface area (Å²) in [6, 6.07) is 3.93. The molecule has 1 N–H and O–H groups in total. The Kier molecular flexibility index (Phi) is 4.13. The van der Waals surface area contributed by atoms with Crippen molar-refractivity contribution in [1.29, 1.82) is 0 Å². The van der Waals surface area contributed by atoms with Crippen LogP contribution in [0.3, 0.4) is 0 Å². The zero-order valence-electron chi connectivity index (χ0n) is 14.2. The lowest BCUT2D eigenvalue weighted by Crippen LogP contribution is -2.36. The molecule has 1 aromatic carbocycles. The summed E-state index contributed by atoms with van der Waals surface area (Å²) in [5.41, 5.74) is 3.72. The number of aromatic amines is 1. The maximum atomic E-state index is 12.6. The van der Waals surface area contributed by atoms with E-state index in [4.69, 9.17) is 4.74 Å². The first-order valence-corrected chi connectivity index (χ1v) is 8.73. The topological polar surface area (TPSA) is 74.8 Å². The first kappa shape index (κ1) is 16.0. The third-order valence-electron chi connectivity index (χ3n) is 5.09. The number of aldehydes is 1. The van der Waals surface area contributed by atoms with Crippen molar-refractivity contribution in [2.45, 2.75) is 38.6 Å². The van der Waals surface area contributed by atoms with Crippen LogP contribution in [0.25, 0.3) is 10.9 Å².